The van der Waals surface area contributed by atoms with Gasteiger partial charge in [-0.2, -0.15) is 0 Å². The van der Waals surface area contributed by atoms with Crippen LogP contribution in [0.25, 0.3) is 0 Å². The molecule has 1 heterocycles. The predicted octanol–water partition coefficient (Wildman–Crippen LogP) is 1.30. The molecule has 0 radical (unpaired) electrons. The highest BCUT2D eigenvalue weighted by Gasteiger charge is 2.42. The highest BCUT2D eigenvalue weighted by molar-refractivity contribution is 6.21. The van der Waals surface area contributed by atoms with Crippen molar-refractivity contribution in [3.8, 4) is 12.3 Å². The van der Waals surface area contributed by atoms with Gasteiger partial charge in [-0.25, -0.2) is 8.78 Å². The van der Waals surface area contributed by atoms with Crippen molar-refractivity contribution >= 4 is 11.8 Å². The Labute approximate surface area is 114 Å². The molecular formula is C14H11F2NO3. The first-order chi connectivity index (χ1) is 9.35. The third kappa shape index (κ3) is 2.53. The smallest absolute Gasteiger partial charge is 0.269 e. The van der Waals surface area contributed by atoms with Crippen molar-refractivity contribution in [3.05, 3.63) is 35.4 Å². The molecule has 1 atom stereocenters. The molecule has 4 nitrogen and oxygen atoms in total. The summed E-state index contributed by atoms with van der Waals surface area (Å²) in [4.78, 5) is 24.3. The van der Waals surface area contributed by atoms with Gasteiger partial charge in [0, 0.05) is 0 Å². The minimum absolute atomic E-state index is 0.103. The molecular weight excluding hydrogens is 268 g/mol. The Morgan fingerprint density at radius 2 is 1.75 bits per heavy atom. The lowest BCUT2D eigenvalue weighted by atomic mass is 10.1. The Bertz CT molecular complexity index is 572. The molecule has 1 aliphatic rings. The molecule has 0 bridgehead atoms. The Kier molecular flexibility index (Phi) is 3.55. The van der Waals surface area contributed by atoms with Crippen LogP contribution in [-0.2, 0) is 0 Å². The van der Waals surface area contributed by atoms with E-state index in [1.54, 1.807) is 18.1 Å². The van der Waals surface area contributed by atoms with Crippen LogP contribution in [-0.4, -0.2) is 40.4 Å². The van der Waals surface area contributed by atoms with E-state index in [2.05, 4.69) is 0 Å². The van der Waals surface area contributed by atoms with Crippen molar-refractivity contribution in [3.63, 3.8) is 0 Å². The van der Waals surface area contributed by atoms with Crippen LogP contribution < -0.4 is 0 Å². The number of fused-ring (bicyclic) bond motifs is 1. The minimum Gasteiger partial charge on any atom is -0.380 e. The van der Waals surface area contributed by atoms with Crippen LogP contribution in [0.3, 0.4) is 0 Å². The highest BCUT2D eigenvalue weighted by atomic mass is 19.3. The van der Waals surface area contributed by atoms with E-state index >= 15 is 0 Å². The number of amides is 2. The van der Waals surface area contributed by atoms with Crippen LogP contribution in [0, 0.1) is 12.3 Å². The summed E-state index contributed by atoms with van der Waals surface area (Å²) in [6.07, 6.45) is 2.20. The van der Waals surface area contributed by atoms with Gasteiger partial charge in [-0.15, -0.1) is 6.42 Å². The zero-order valence-electron chi connectivity index (χ0n) is 10.3. The molecule has 104 valence electrons. The molecule has 0 aliphatic carbocycles. The normalized spacial score (nSPS) is 16.0. The van der Waals surface area contributed by atoms with Crippen molar-refractivity contribution < 1.29 is 23.5 Å². The number of benzene rings is 1. The first-order valence-corrected chi connectivity index (χ1v) is 5.83. The summed E-state index contributed by atoms with van der Waals surface area (Å²) < 4.78 is 27.4. The Morgan fingerprint density at radius 1 is 1.25 bits per heavy atom. The number of hydrogen-bond acceptors (Lipinski definition) is 3. The number of carbonyl (C=O) groups is 2. The van der Waals surface area contributed by atoms with Crippen molar-refractivity contribution in [2.75, 3.05) is 6.54 Å². The van der Waals surface area contributed by atoms with Crippen LogP contribution in [0.1, 0.15) is 27.1 Å². The largest absolute Gasteiger partial charge is 0.380 e. The van der Waals surface area contributed by atoms with Crippen LogP contribution >= 0.6 is 0 Å². The van der Waals surface area contributed by atoms with E-state index in [1.807, 2.05) is 0 Å². The van der Waals surface area contributed by atoms with Crippen LogP contribution in [0.4, 0.5) is 8.78 Å². The summed E-state index contributed by atoms with van der Waals surface area (Å²) in [5.41, 5.74) is 0.205. The van der Waals surface area contributed by atoms with Gasteiger partial charge in [-0.1, -0.05) is 18.1 Å². The fourth-order valence-electron chi connectivity index (χ4n) is 2.02. The van der Waals surface area contributed by atoms with Gasteiger partial charge < -0.3 is 5.11 Å². The first-order valence-electron chi connectivity index (χ1n) is 5.83. The van der Waals surface area contributed by atoms with Crippen LogP contribution in [0.15, 0.2) is 24.3 Å². The lowest BCUT2D eigenvalue weighted by molar-refractivity contribution is -0.0484. The zero-order chi connectivity index (χ0) is 14.9. The predicted molar refractivity (Wildman–Crippen MR) is 66.2 cm³/mol. The van der Waals surface area contributed by atoms with Crippen LogP contribution in [0.5, 0.6) is 0 Å². The van der Waals surface area contributed by atoms with Crippen molar-refractivity contribution in [2.24, 2.45) is 0 Å². The molecule has 0 saturated heterocycles. The third-order valence-corrected chi connectivity index (χ3v) is 2.95. The summed E-state index contributed by atoms with van der Waals surface area (Å²) in [6, 6.07) is 5.91. The lowest BCUT2D eigenvalue weighted by Crippen LogP contribution is -2.42. The highest BCUT2D eigenvalue weighted by Crippen LogP contribution is 2.28. The van der Waals surface area contributed by atoms with E-state index < -0.39 is 36.8 Å². The second kappa shape index (κ2) is 5.02. The fraction of sp³-hybridized carbons (Fsp3) is 0.286. The quantitative estimate of drug-likeness (QED) is 0.667. The topological polar surface area (TPSA) is 57.6 Å². The molecule has 1 N–H and O–H groups in total. The van der Waals surface area contributed by atoms with Gasteiger partial charge in [-0.05, 0) is 12.1 Å². The minimum atomic E-state index is -3.45. The van der Waals surface area contributed by atoms with E-state index in [-0.39, 0.29) is 11.1 Å². The fourth-order valence-corrected chi connectivity index (χ4v) is 2.02. The molecule has 0 spiro atoms. The number of nitrogens with zero attached hydrogens (tertiary/aromatic N) is 1. The molecule has 2 rings (SSSR count). The summed E-state index contributed by atoms with van der Waals surface area (Å²) in [5.74, 6) is -3.20. The summed E-state index contributed by atoms with van der Waals surface area (Å²) in [6.45, 7) is -1.10. The van der Waals surface area contributed by atoms with Gasteiger partial charge in [0.15, 0.2) is 0 Å². The van der Waals surface area contributed by atoms with Gasteiger partial charge in [0.2, 0.25) is 0 Å². The van der Waals surface area contributed by atoms with Crippen molar-refractivity contribution in [1.82, 2.24) is 4.90 Å². The van der Waals surface area contributed by atoms with Crippen molar-refractivity contribution in [2.45, 2.75) is 18.4 Å². The molecule has 20 heavy (non-hydrogen) atoms. The van der Waals surface area contributed by atoms with E-state index in [9.17, 15) is 18.4 Å². The summed E-state index contributed by atoms with van der Waals surface area (Å²) >= 11 is 0. The molecule has 1 aromatic rings. The first kappa shape index (κ1) is 14.2. The monoisotopic (exact) mass is 279 g/mol. The number of aliphatic hydroxyl groups is 1. The molecule has 2 amide bonds. The molecule has 1 aromatic carbocycles. The number of hydrogen-bond donors (Lipinski definition) is 1. The third-order valence-electron chi connectivity index (χ3n) is 2.95. The molecule has 0 fully saturated rings. The SMILES string of the molecule is C#CC(O)CC(F)(F)CN1C(=O)c2ccccc2C1=O. The van der Waals surface area contributed by atoms with Crippen molar-refractivity contribution in [1.29, 1.82) is 0 Å². The maximum absolute atomic E-state index is 13.7. The Balaban J connectivity index is 2.19. The van der Waals surface area contributed by atoms with Gasteiger partial charge in [-0.3, -0.25) is 14.5 Å². The average molecular weight is 279 g/mol. The summed E-state index contributed by atoms with van der Waals surface area (Å²) in [5, 5.41) is 9.07. The number of halogens is 2. The number of aliphatic hydroxyl groups excluding tert-OH is 1. The molecule has 1 unspecified atom stereocenters. The van der Waals surface area contributed by atoms with E-state index in [4.69, 9.17) is 11.5 Å². The van der Waals surface area contributed by atoms with Crippen LogP contribution in [0.2, 0.25) is 0 Å². The zero-order valence-corrected chi connectivity index (χ0v) is 10.3. The van der Waals surface area contributed by atoms with E-state index in [0.29, 0.717) is 4.90 Å². The molecule has 0 aromatic heterocycles. The molecule has 1 aliphatic heterocycles. The van der Waals surface area contributed by atoms with E-state index in [0.717, 1.165) is 0 Å². The number of rotatable bonds is 4. The number of terminal acetylenes is 1. The van der Waals surface area contributed by atoms with Gasteiger partial charge in [0.25, 0.3) is 17.7 Å². The average Bonchev–Trinajstić information content (AvgIpc) is 2.64. The number of carbonyl (C=O) groups excluding carboxylic acids is 2. The molecule has 0 saturated carbocycles. The van der Waals surface area contributed by atoms with E-state index in [1.165, 1.54) is 12.1 Å². The van der Waals surface area contributed by atoms with Gasteiger partial charge in [0.1, 0.15) is 6.10 Å². The Morgan fingerprint density at radius 3 is 2.20 bits per heavy atom. The van der Waals surface area contributed by atoms with Gasteiger partial charge >= 0.3 is 0 Å². The second-order valence-electron chi connectivity index (χ2n) is 4.48. The molecule has 6 heteroatoms. The maximum atomic E-state index is 13.7. The van der Waals surface area contributed by atoms with Gasteiger partial charge in [0.05, 0.1) is 24.1 Å². The number of alkyl halides is 2. The number of imide groups is 1. The standard InChI is InChI=1S/C14H11F2NO3/c1-2-9(18)7-14(15,16)8-17-12(19)10-5-3-4-6-11(10)13(17)20/h1,3-6,9,18H,7-8H2. The Hall–Kier alpha value is -2.26. The maximum Gasteiger partial charge on any atom is 0.269 e. The lowest BCUT2D eigenvalue weighted by Gasteiger charge is -2.22. The second-order valence-corrected chi connectivity index (χ2v) is 4.48. The summed E-state index contributed by atoms with van der Waals surface area (Å²) in [7, 11) is 0.